The first-order valence-corrected chi connectivity index (χ1v) is 10.9. The Balaban J connectivity index is 0.00000450. The van der Waals surface area contributed by atoms with Crippen molar-refractivity contribution in [1.82, 2.24) is 15.5 Å². The molecule has 2 rings (SSSR count). The van der Waals surface area contributed by atoms with Gasteiger partial charge in [0, 0.05) is 33.9 Å². The maximum Gasteiger partial charge on any atom is 0.191 e. The van der Waals surface area contributed by atoms with E-state index < -0.39 is 0 Å². The van der Waals surface area contributed by atoms with Gasteiger partial charge in [-0.2, -0.15) is 0 Å². The Bertz CT molecular complexity index is 633. The van der Waals surface area contributed by atoms with Crippen LogP contribution in [0.1, 0.15) is 51.1 Å². The minimum atomic E-state index is 0. The van der Waals surface area contributed by atoms with Gasteiger partial charge in [-0.1, -0.05) is 32.4 Å². The van der Waals surface area contributed by atoms with E-state index in [0.717, 1.165) is 50.9 Å². The van der Waals surface area contributed by atoms with Crippen molar-refractivity contribution in [3.63, 3.8) is 0 Å². The van der Waals surface area contributed by atoms with Crippen LogP contribution in [0, 0.1) is 5.41 Å². The van der Waals surface area contributed by atoms with E-state index in [1.165, 1.54) is 24.8 Å². The molecule has 0 saturated heterocycles. The normalized spacial score (nSPS) is 16.4. The molecule has 0 amide bonds. The van der Waals surface area contributed by atoms with E-state index in [4.69, 9.17) is 9.47 Å². The molecule has 1 unspecified atom stereocenters. The Labute approximate surface area is 200 Å². The molecule has 1 aliphatic rings. The van der Waals surface area contributed by atoms with Gasteiger partial charge in [0.1, 0.15) is 5.75 Å². The highest BCUT2D eigenvalue weighted by Gasteiger charge is 2.36. The van der Waals surface area contributed by atoms with Crippen molar-refractivity contribution < 1.29 is 9.47 Å². The van der Waals surface area contributed by atoms with Crippen LogP contribution in [0.15, 0.2) is 29.3 Å². The molecule has 6 nitrogen and oxygen atoms in total. The minimum absolute atomic E-state index is 0. The number of methoxy groups -OCH3 is 2. The van der Waals surface area contributed by atoms with Crippen LogP contribution in [0.2, 0.25) is 0 Å². The Morgan fingerprint density at radius 1 is 1.20 bits per heavy atom. The Hall–Kier alpha value is -1.06. The molecule has 172 valence electrons. The lowest BCUT2D eigenvalue weighted by molar-refractivity contribution is 0.0732. The topological polar surface area (TPSA) is 58.1 Å². The van der Waals surface area contributed by atoms with Crippen molar-refractivity contribution >= 4 is 29.9 Å². The van der Waals surface area contributed by atoms with Crippen molar-refractivity contribution in [2.75, 3.05) is 54.1 Å². The van der Waals surface area contributed by atoms with Crippen molar-refractivity contribution in [1.29, 1.82) is 0 Å². The Morgan fingerprint density at radius 3 is 2.47 bits per heavy atom. The molecule has 1 aromatic carbocycles. The van der Waals surface area contributed by atoms with Crippen LogP contribution in [0.25, 0.3) is 0 Å². The largest absolute Gasteiger partial charge is 0.497 e. The molecule has 0 aliphatic heterocycles. The molecule has 1 atom stereocenters. The van der Waals surface area contributed by atoms with E-state index in [2.05, 4.69) is 52.6 Å². The third kappa shape index (κ3) is 7.57. The number of rotatable bonds is 12. The van der Waals surface area contributed by atoms with Gasteiger partial charge in [0.05, 0.1) is 13.2 Å². The molecule has 0 spiro atoms. The van der Waals surface area contributed by atoms with Gasteiger partial charge in [-0.15, -0.1) is 24.0 Å². The number of halogens is 1. The predicted octanol–water partition coefficient (Wildman–Crippen LogP) is 4.07. The molecule has 0 bridgehead atoms. The summed E-state index contributed by atoms with van der Waals surface area (Å²) in [6.07, 6.45) is 4.97. The number of benzene rings is 1. The van der Waals surface area contributed by atoms with E-state index in [9.17, 15) is 0 Å². The SMILES string of the molecule is CCN(CC)C(CNC(=NC)NCC1(CCOC)CCC1)c1cccc(OC)c1.I. The molecule has 30 heavy (non-hydrogen) atoms. The van der Waals surface area contributed by atoms with Crippen molar-refractivity contribution in [3.05, 3.63) is 29.8 Å². The number of hydrogen-bond donors (Lipinski definition) is 2. The van der Waals surface area contributed by atoms with Crippen LogP contribution in [0.4, 0.5) is 0 Å². The van der Waals surface area contributed by atoms with Crippen molar-refractivity contribution in [2.45, 2.75) is 45.6 Å². The molecule has 1 aromatic rings. The second-order valence-electron chi connectivity index (χ2n) is 7.92. The summed E-state index contributed by atoms with van der Waals surface area (Å²) in [5.74, 6) is 1.76. The van der Waals surface area contributed by atoms with Gasteiger partial charge >= 0.3 is 0 Å². The van der Waals surface area contributed by atoms with E-state index in [1.54, 1.807) is 14.2 Å². The summed E-state index contributed by atoms with van der Waals surface area (Å²) in [6, 6.07) is 8.62. The van der Waals surface area contributed by atoms with Crippen LogP contribution in [-0.2, 0) is 4.74 Å². The van der Waals surface area contributed by atoms with Crippen molar-refractivity contribution in [3.8, 4) is 5.75 Å². The van der Waals surface area contributed by atoms with Crippen LogP contribution >= 0.6 is 24.0 Å². The summed E-state index contributed by atoms with van der Waals surface area (Å²) in [5.41, 5.74) is 1.62. The minimum Gasteiger partial charge on any atom is -0.497 e. The molecule has 2 N–H and O–H groups in total. The van der Waals surface area contributed by atoms with Gasteiger partial charge in [0.15, 0.2) is 5.96 Å². The summed E-state index contributed by atoms with van der Waals surface area (Å²) >= 11 is 0. The van der Waals surface area contributed by atoms with Crippen LogP contribution < -0.4 is 15.4 Å². The zero-order valence-electron chi connectivity index (χ0n) is 19.4. The summed E-state index contributed by atoms with van der Waals surface area (Å²) in [5, 5.41) is 7.12. The number of hydrogen-bond acceptors (Lipinski definition) is 4. The zero-order chi connectivity index (χ0) is 21.1. The maximum atomic E-state index is 5.44. The summed E-state index contributed by atoms with van der Waals surface area (Å²) < 4.78 is 10.8. The molecular weight excluding hydrogens is 491 g/mol. The van der Waals surface area contributed by atoms with E-state index in [-0.39, 0.29) is 30.0 Å². The fraction of sp³-hybridized carbons (Fsp3) is 0.696. The zero-order valence-corrected chi connectivity index (χ0v) is 21.7. The highest BCUT2D eigenvalue weighted by atomic mass is 127. The summed E-state index contributed by atoms with van der Waals surface area (Å²) in [6.45, 7) is 8.97. The number of nitrogens with zero attached hydrogens (tertiary/aromatic N) is 2. The van der Waals surface area contributed by atoms with Gasteiger partial charge in [-0.05, 0) is 55.5 Å². The molecule has 7 heteroatoms. The fourth-order valence-corrected chi connectivity index (χ4v) is 4.17. The second-order valence-corrected chi connectivity index (χ2v) is 7.92. The van der Waals surface area contributed by atoms with Gasteiger partial charge in [0.25, 0.3) is 0 Å². The average molecular weight is 533 g/mol. The first kappa shape index (κ1) is 27.0. The standard InChI is InChI=1S/C23H40N4O2.HI/c1-6-27(7-2)21(19-10-8-11-20(16-19)29-5)17-25-22(24-3)26-18-23(12-9-13-23)14-15-28-4;/h8,10-11,16,21H,6-7,9,12-15,17-18H2,1-5H3,(H2,24,25,26);1H. The van der Waals surface area contributed by atoms with Crippen LogP contribution in [0.3, 0.4) is 0 Å². The lowest BCUT2D eigenvalue weighted by Gasteiger charge is -2.42. The van der Waals surface area contributed by atoms with Gasteiger partial charge in [-0.3, -0.25) is 9.89 Å². The van der Waals surface area contributed by atoms with Crippen LogP contribution in [0.5, 0.6) is 5.75 Å². The number of ether oxygens (including phenoxy) is 2. The third-order valence-electron chi connectivity index (χ3n) is 6.30. The molecule has 0 aromatic heterocycles. The second kappa shape index (κ2) is 14.1. The number of guanidine groups is 1. The average Bonchev–Trinajstić information content (AvgIpc) is 2.73. The summed E-state index contributed by atoms with van der Waals surface area (Å²) in [7, 11) is 5.34. The molecule has 0 heterocycles. The first-order valence-electron chi connectivity index (χ1n) is 10.9. The monoisotopic (exact) mass is 532 g/mol. The van der Waals surface area contributed by atoms with Gasteiger partial charge < -0.3 is 20.1 Å². The van der Waals surface area contributed by atoms with Gasteiger partial charge in [-0.25, -0.2) is 0 Å². The van der Waals surface area contributed by atoms with Crippen molar-refractivity contribution in [2.24, 2.45) is 10.4 Å². The highest BCUT2D eigenvalue weighted by molar-refractivity contribution is 14.0. The van der Waals surface area contributed by atoms with Gasteiger partial charge in [0.2, 0.25) is 0 Å². The smallest absolute Gasteiger partial charge is 0.191 e. The summed E-state index contributed by atoms with van der Waals surface area (Å²) in [4.78, 5) is 6.92. The van der Waals surface area contributed by atoms with Crippen LogP contribution in [-0.4, -0.2) is 64.9 Å². The van der Waals surface area contributed by atoms with E-state index >= 15 is 0 Å². The Kier molecular flexibility index (Phi) is 12.7. The Morgan fingerprint density at radius 2 is 1.93 bits per heavy atom. The quantitative estimate of drug-likeness (QED) is 0.242. The predicted molar refractivity (Wildman–Crippen MR) is 136 cm³/mol. The number of nitrogens with one attached hydrogen (secondary N) is 2. The third-order valence-corrected chi connectivity index (χ3v) is 6.30. The highest BCUT2D eigenvalue weighted by Crippen LogP contribution is 2.43. The van der Waals surface area contributed by atoms with E-state index in [1.807, 2.05) is 13.1 Å². The fourth-order valence-electron chi connectivity index (χ4n) is 4.17. The number of aliphatic imine (C=N–C) groups is 1. The lowest BCUT2D eigenvalue weighted by atomic mass is 9.67. The molecular formula is C23H41IN4O2. The molecule has 1 fully saturated rings. The molecule has 1 aliphatic carbocycles. The van der Waals surface area contributed by atoms with E-state index in [0.29, 0.717) is 5.41 Å². The number of likely N-dealkylation sites (N-methyl/N-ethyl adjacent to an activating group) is 1. The first-order chi connectivity index (χ1) is 14.1. The molecule has 0 radical (unpaired) electrons. The molecule has 1 saturated carbocycles. The maximum absolute atomic E-state index is 5.44. The lowest BCUT2D eigenvalue weighted by Crippen LogP contribution is -2.48.